The van der Waals surface area contributed by atoms with E-state index in [2.05, 4.69) is 4.98 Å². The van der Waals surface area contributed by atoms with Crippen molar-refractivity contribution < 1.29 is 9.18 Å². The fourth-order valence-electron chi connectivity index (χ4n) is 2.86. The molecule has 28 heavy (non-hydrogen) atoms. The molecule has 140 valence electrons. The van der Waals surface area contributed by atoms with E-state index in [1.807, 2.05) is 35.7 Å². The van der Waals surface area contributed by atoms with Crippen LogP contribution in [0.25, 0.3) is 21.3 Å². The summed E-state index contributed by atoms with van der Waals surface area (Å²) >= 11 is 2.62. The Labute approximate surface area is 168 Å². The van der Waals surface area contributed by atoms with Crippen molar-refractivity contribution in [3.05, 3.63) is 81.7 Å². The van der Waals surface area contributed by atoms with E-state index in [1.165, 1.54) is 51.9 Å². The fraction of sp³-hybridized carbons (Fsp3) is 0.0952. The monoisotopic (exact) mass is 410 g/mol. The molecule has 0 amide bonds. The first-order valence-corrected chi connectivity index (χ1v) is 10.4. The lowest BCUT2D eigenvalue weighted by Crippen LogP contribution is -2.20. The van der Waals surface area contributed by atoms with Gasteiger partial charge in [-0.05, 0) is 29.8 Å². The van der Waals surface area contributed by atoms with E-state index in [9.17, 15) is 14.0 Å². The van der Waals surface area contributed by atoms with Gasteiger partial charge in [0.25, 0.3) is 5.56 Å². The molecular weight excluding hydrogens is 395 g/mol. The normalized spacial score (nSPS) is 11.1. The summed E-state index contributed by atoms with van der Waals surface area (Å²) in [6.07, 6.45) is 0. The van der Waals surface area contributed by atoms with Crippen LogP contribution in [0.4, 0.5) is 4.39 Å². The maximum atomic E-state index is 13.0. The van der Waals surface area contributed by atoms with Gasteiger partial charge < -0.3 is 0 Å². The Morgan fingerprint density at radius 3 is 2.57 bits per heavy atom. The van der Waals surface area contributed by atoms with E-state index in [-0.39, 0.29) is 22.9 Å². The molecule has 4 rings (SSSR count). The zero-order valence-corrected chi connectivity index (χ0v) is 16.5. The number of aromatic nitrogens is 2. The minimum absolute atomic E-state index is 0.119. The van der Waals surface area contributed by atoms with Crippen LogP contribution in [0.1, 0.15) is 10.4 Å². The third-order valence-corrected chi connectivity index (χ3v) is 6.26. The topological polar surface area (TPSA) is 52.0 Å². The van der Waals surface area contributed by atoms with Crippen molar-refractivity contribution in [2.45, 2.75) is 5.16 Å². The number of rotatable bonds is 5. The molecule has 2 heterocycles. The molecule has 2 aromatic carbocycles. The van der Waals surface area contributed by atoms with Crippen molar-refractivity contribution in [1.82, 2.24) is 9.55 Å². The average molecular weight is 410 g/mol. The maximum Gasteiger partial charge on any atom is 0.263 e. The molecule has 0 saturated carbocycles. The predicted molar refractivity (Wildman–Crippen MR) is 112 cm³/mol. The van der Waals surface area contributed by atoms with E-state index in [0.717, 1.165) is 11.1 Å². The Morgan fingerprint density at radius 1 is 1.14 bits per heavy atom. The second-order valence-electron chi connectivity index (χ2n) is 6.17. The molecular formula is C21H15FN2O2S2. The highest BCUT2D eigenvalue weighted by Crippen LogP contribution is 2.31. The summed E-state index contributed by atoms with van der Waals surface area (Å²) in [6, 6.07) is 15.2. The Hall–Kier alpha value is -2.77. The standard InChI is InChI=1S/C21H15FN2O2S2/c1-24-20(26)18-16(13-5-3-2-4-6-13)11-27-19(18)23-21(24)28-12-17(25)14-7-9-15(22)10-8-14/h2-11H,12H2,1H3. The Kier molecular flexibility index (Phi) is 5.11. The summed E-state index contributed by atoms with van der Waals surface area (Å²) in [7, 11) is 1.66. The molecule has 0 unspecified atom stereocenters. The smallest absolute Gasteiger partial charge is 0.263 e. The van der Waals surface area contributed by atoms with Crippen LogP contribution in [0.15, 0.2) is 69.9 Å². The van der Waals surface area contributed by atoms with Crippen molar-refractivity contribution in [3.63, 3.8) is 0 Å². The van der Waals surface area contributed by atoms with E-state index in [4.69, 9.17) is 0 Å². The molecule has 7 heteroatoms. The number of halogens is 1. The minimum Gasteiger partial charge on any atom is -0.293 e. The van der Waals surface area contributed by atoms with E-state index in [0.29, 0.717) is 20.9 Å². The number of hydrogen-bond acceptors (Lipinski definition) is 5. The van der Waals surface area contributed by atoms with Crippen LogP contribution >= 0.6 is 23.1 Å². The molecule has 0 aliphatic rings. The molecule has 0 radical (unpaired) electrons. The third-order valence-electron chi connectivity index (χ3n) is 4.36. The largest absolute Gasteiger partial charge is 0.293 e. The van der Waals surface area contributed by atoms with Gasteiger partial charge in [0.1, 0.15) is 10.6 Å². The van der Waals surface area contributed by atoms with Crippen molar-refractivity contribution >= 4 is 39.1 Å². The van der Waals surface area contributed by atoms with Crippen molar-refractivity contribution in [3.8, 4) is 11.1 Å². The summed E-state index contributed by atoms with van der Waals surface area (Å²) in [5, 5.41) is 3.01. The molecule has 2 aromatic heterocycles. The van der Waals surface area contributed by atoms with Gasteiger partial charge in [0.2, 0.25) is 0 Å². The molecule has 4 aromatic rings. The number of benzene rings is 2. The highest BCUT2D eigenvalue weighted by Gasteiger charge is 2.16. The third kappa shape index (κ3) is 3.50. The van der Waals surface area contributed by atoms with Crippen molar-refractivity contribution in [2.75, 3.05) is 5.75 Å². The molecule has 0 atom stereocenters. The van der Waals surface area contributed by atoms with Gasteiger partial charge in [0.15, 0.2) is 10.9 Å². The Balaban J connectivity index is 1.64. The molecule has 0 bridgehead atoms. The molecule has 0 N–H and O–H groups in total. The quantitative estimate of drug-likeness (QED) is 0.270. The van der Waals surface area contributed by atoms with Gasteiger partial charge in [-0.2, -0.15) is 0 Å². The first-order chi connectivity index (χ1) is 13.5. The van der Waals surface area contributed by atoms with Crippen LogP contribution in [0.5, 0.6) is 0 Å². The highest BCUT2D eigenvalue weighted by atomic mass is 32.2. The number of carbonyl (C=O) groups is 1. The predicted octanol–water partition coefficient (Wildman–Crippen LogP) is 4.78. The summed E-state index contributed by atoms with van der Waals surface area (Å²) in [5.74, 6) is -0.407. The van der Waals surface area contributed by atoms with E-state index < -0.39 is 0 Å². The van der Waals surface area contributed by atoms with Crippen molar-refractivity contribution in [1.29, 1.82) is 0 Å². The lowest BCUT2D eigenvalue weighted by molar-refractivity contribution is 0.102. The summed E-state index contributed by atoms with van der Waals surface area (Å²) in [6.45, 7) is 0. The first kappa shape index (κ1) is 18.6. The number of ketones is 1. The van der Waals surface area contributed by atoms with Gasteiger partial charge >= 0.3 is 0 Å². The second-order valence-corrected chi connectivity index (χ2v) is 7.97. The SMILES string of the molecule is Cn1c(SCC(=O)c2ccc(F)cc2)nc2scc(-c3ccccc3)c2c1=O. The molecule has 4 nitrogen and oxygen atoms in total. The molecule has 0 spiro atoms. The number of thioether (sulfide) groups is 1. The Morgan fingerprint density at radius 2 is 1.86 bits per heavy atom. The van der Waals surface area contributed by atoms with Crippen LogP contribution in [0.3, 0.4) is 0 Å². The van der Waals surface area contributed by atoms with Gasteiger partial charge in [0, 0.05) is 23.6 Å². The van der Waals surface area contributed by atoms with E-state index >= 15 is 0 Å². The first-order valence-electron chi connectivity index (χ1n) is 8.50. The van der Waals surface area contributed by atoms with Gasteiger partial charge in [-0.1, -0.05) is 42.1 Å². The summed E-state index contributed by atoms with van der Waals surface area (Å²) in [4.78, 5) is 30.5. The number of nitrogens with zero attached hydrogens (tertiary/aromatic N) is 2. The maximum absolute atomic E-state index is 13.0. The van der Waals surface area contributed by atoms with Crippen LogP contribution in [-0.4, -0.2) is 21.1 Å². The van der Waals surface area contributed by atoms with Crippen LogP contribution in [-0.2, 0) is 7.05 Å². The number of hydrogen-bond donors (Lipinski definition) is 0. The number of thiophene rings is 1. The van der Waals surface area contributed by atoms with Crippen LogP contribution < -0.4 is 5.56 Å². The second kappa shape index (κ2) is 7.69. The van der Waals surface area contributed by atoms with Crippen LogP contribution in [0, 0.1) is 5.82 Å². The number of fused-ring (bicyclic) bond motifs is 1. The van der Waals surface area contributed by atoms with E-state index in [1.54, 1.807) is 7.05 Å². The van der Waals surface area contributed by atoms with Gasteiger partial charge in [0.05, 0.1) is 11.1 Å². The number of Topliss-reactive ketones (excluding diaryl/α,β-unsaturated/α-hetero) is 1. The van der Waals surface area contributed by atoms with Gasteiger partial charge in [-0.3, -0.25) is 14.2 Å². The molecule has 0 aliphatic heterocycles. The summed E-state index contributed by atoms with van der Waals surface area (Å²) < 4.78 is 14.5. The molecule has 0 fully saturated rings. The lowest BCUT2D eigenvalue weighted by atomic mass is 10.1. The highest BCUT2D eigenvalue weighted by molar-refractivity contribution is 7.99. The molecule has 0 saturated heterocycles. The molecule has 0 aliphatic carbocycles. The Bertz CT molecular complexity index is 1220. The number of carbonyl (C=O) groups excluding carboxylic acids is 1. The van der Waals surface area contributed by atoms with Gasteiger partial charge in [-0.25, -0.2) is 9.37 Å². The fourth-order valence-corrected chi connectivity index (χ4v) is 4.72. The minimum atomic E-state index is -0.384. The zero-order valence-electron chi connectivity index (χ0n) is 14.9. The summed E-state index contributed by atoms with van der Waals surface area (Å²) in [5.41, 5.74) is 2.14. The zero-order chi connectivity index (χ0) is 19.7. The average Bonchev–Trinajstić information content (AvgIpc) is 3.14. The van der Waals surface area contributed by atoms with Gasteiger partial charge in [-0.15, -0.1) is 11.3 Å². The van der Waals surface area contributed by atoms with Crippen LogP contribution in [0.2, 0.25) is 0 Å². The van der Waals surface area contributed by atoms with Crippen molar-refractivity contribution in [2.24, 2.45) is 7.05 Å². The lowest BCUT2D eigenvalue weighted by Gasteiger charge is -2.08.